The monoisotopic (exact) mass is 301 g/mol. The summed E-state index contributed by atoms with van der Waals surface area (Å²) in [4.78, 5) is 11.5. The Morgan fingerprint density at radius 2 is 1.61 bits per heavy atom. The fraction of sp³-hybridized carbons (Fsp3) is 0.0526. The highest BCUT2D eigenvalue weighted by Gasteiger charge is 2.07. The van der Waals surface area contributed by atoms with E-state index in [1.54, 1.807) is 24.0 Å². The van der Waals surface area contributed by atoms with Crippen LogP contribution >= 0.6 is 0 Å². The van der Waals surface area contributed by atoms with Crippen LogP contribution in [0, 0.1) is 11.8 Å². The second-order valence-electron chi connectivity index (χ2n) is 4.89. The molecule has 1 N–H and O–H groups in total. The van der Waals surface area contributed by atoms with Crippen molar-refractivity contribution in [3.63, 3.8) is 0 Å². The van der Waals surface area contributed by atoms with Gasteiger partial charge in [0.25, 0.3) is 5.91 Å². The molecule has 4 heteroatoms. The van der Waals surface area contributed by atoms with Crippen molar-refractivity contribution in [1.29, 1.82) is 0 Å². The van der Waals surface area contributed by atoms with E-state index in [1.165, 1.54) is 0 Å². The first-order valence-corrected chi connectivity index (χ1v) is 7.21. The molecule has 0 saturated heterocycles. The molecule has 3 rings (SSSR count). The Hall–Kier alpha value is -3.32. The number of amides is 1. The van der Waals surface area contributed by atoms with E-state index in [0.717, 1.165) is 16.8 Å². The molecule has 0 bridgehead atoms. The molecule has 0 aliphatic carbocycles. The van der Waals surface area contributed by atoms with Gasteiger partial charge in [-0.15, -0.1) is 0 Å². The lowest BCUT2D eigenvalue weighted by Gasteiger charge is -2.01. The first kappa shape index (κ1) is 14.6. The lowest BCUT2D eigenvalue weighted by Crippen LogP contribution is -2.18. The molecule has 0 unspecified atom stereocenters. The Morgan fingerprint density at radius 3 is 2.26 bits per heavy atom. The summed E-state index contributed by atoms with van der Waals surface area (Å²) < 4.78 is 1.67. The van der Waals surface area contributed by atoms with E-state index in [2.05, 4.69) is 22.3 Å². The van der Waals surface area contributed by atoms with Gasteiger partial charge in [-0.25, -0.2) is 4.68 Å². The average Bonchev–Trinajstić information content (AvgIpc) is 3.11. The first-order chi connectivity index (χ1) is 11.3. The van der Waals surface area contributed by atoms with Gasteiger partial charge in [-0.1, -0.05) is 30.0 Å². The van der Waals surface area contributed by atoms with Crippen LogP contribution in [0.3, 0.4) is 0 Å². The SMILES string of the molecule is CNC(=O)c1ccn(-c2ccc(C#Cc3ccccc3)cc2)n1. The smallest absolute Gasteiger partial charge is 0.271 e. The van der Waals surface area contributed by atoms with Crippen LogP contribution in [0.5, 0.6) is 0 Å². The first-order valence-electron chi connectivity index (χ1n) is 7.21. The normalized spacial score (nSPS) is 9.78. The van der Waals surface area contributed by atoms with Gasteiger partial charge in [0, 0.05) is 24.4 Å². The lowest BCUT2D eigenvalue weighted by atomic mass is 10.2. The van der Waals surface area contributed by atoms with Crippen molar-refractivity contribution in [2.45, 2.75) is 0 Å². The molecule has 112 valence electrons. The van der Waals surface area contributed by atoms with Crippen molar-refractivity contribution in [2.24, 2.45) is 0 Å². The van der Waals surface area contributed by atoms with Crippen LogP contribution in [0.15, 0.2) is 66.9 Å². The second-order valence-corrected chi connectivity index (χ2v) is 4.89. The Labute approximate surface area is 134 Å². The summed E-state index contributed by atoms with van der Waals surface area (Å²) in [6.45, 7) is 0. The van der Waals surface area contributed by atoms with Crippen LogP contribution in [0.4, 0.5) is 0 Å². The van der Waals surface area contributed by atoms with Crippen LogP contribution in [-0.4, -0.2) is 22.7 Å². The maximum Gasteiger partial charge on any atom is 0.271 e. The van der Waals surface area contributed by atoms with Gasteiger partial charge in [-0.2, -0.15) is 5.10 Å². The van der Waals surface area contributed by atoms with Crippen molar-refractivity contribution < 1.29 is 4.79 Å². The third kappa shape index (κ3) is 3.47. The van der Waals surface area contributed by atoms with Gasteiger partial charge >= 0.3 is 0 Å². The standard InChI is InChI=1S/C19H15N3O/c1-20-19(23)18-13-14-22(21-18)17-11-9-16(10-12-17)8-7-15-5-3-2-4-6-15/h2-6,9-14H,1H3,(H,20,23). The summed E-state index contributed by atoms with van der Waals surface area (Å²) in [5.74, 6) is 6.05. The fourth-order valence-corrected chi connectivity index (χ4v) is 2.08. The molecule has 2 aromatic carbocycles. The molecule has 0 atom stereocenters. The Kier molecular flexibility index (Phi) is 4.21. The maximum atomic E-state index is 11.5. The predicted molar refractivity (Wildman–Crippen MR) is 89.4 cm³/mol. The van der Waals surface area contributed by atoms with E-state index in [9.17, 15) is 4.79 Å². The van der Waals surface area contributed by atoms with E-state index >= 15 is 0 Å². The average molecular weight is 301 g/mol. The highest BCUT2D eigenvalue weighted by atomic mass is 16.1. The zero-order chi connectivity index (χ0) is 16.1. The minimum Gasteiger partial charge on any atom is -0.354 e. The molecule has 0 radical (unpaired) electrons. The zero-order valence-electron chi connectivity index (χ0n) is 12.7. The van der Waals surface area contributed by atoms with Crippen molar-refractivity contribution in [3.05, 3.63) is 83.7 Å². The van der Waals surface area contributed by atoms with E-state index in [1.807, 2.05) is 54.6 Å². The van der Waals surface area contributed by atoms with E-state index in [0.29, 0.717) is 5.69 Å². The molecule has 0 fully saturated rings. The molecule has 0 aliphatic rings. The van der Waals surface area contributed by atoms with Crippen LogP contribution in [0.2, 0.25) is 0 Å². The van der Waals surface area contributed by atoms with Crippen LogP contribution in [-0.2, 0) is 0 Å². The number of nitrogens with one attached hydrogen (secondary N) is 1. The van der Waals surface area contributed by atoms with Gasteiger partial charge in [0.05, 0.1) is 5.69 Å². The van der Waals surface area contributed by atoms with Crippen molar-refractivity contribution >= 4 is 5.91 Å². The lowest BCUT2D eigenvalue weighted by molar-refractivity contribution is 0.0957. The zero-order valence-corrected chi connectivity index (χ0v) is 12.7. The molecule has 4 nitrogen and oxygen atoms in total. The van der Waals surface area contributed by atoms with Crippen LogP contribution in [0.25, 0.3) is 5.69 Å². The molecule has 0 spiro atoms. The summed E-state index contributed by atoms with van der Waals surface area (Å²) in [6.07, 6.45) is 1.76. The largest absolute Gasteiger partial charge is 0.354 e. The Balaban J connectivity index is 1.79. The maximum absolute atomic E-state index is 11.5. The number of carbonyl (C=O) groups excluding carboxylic acids is 1. The van der Waals surface area contributed by atoms with Gasteiger partial charge < -0.3 is 5.32 Å². The molecule has 1 heterocycles. The molecule has 3 aromatic rings. The quantitative estimate of drug-likeness (QED) is 0.740. The third-order valence-corrected chi connectivity index (χ3v) is 3.31. The minimum atomic E-state index is -0.200. The van der Waals surface area contributed by atoms with Crippen molar-refractivity contribution in [1.82, 2.24) is 15.1 Å². The summed E-state index contributed by atoms with van der Waals surface area (Å²) in [5, 5.41) is 6.80. The van der Waals surface area contributed by atoms with E-state index in [-0.39, 0.29) is 5.91 Å². The number of nitrogens with zero attached hydrogens (tertiary/aromatic N) is 2. The predicted octanol–water partition coefficient (Wildman–Crippen LogP) is 2.63. The Bertz CT molecular complexity index is 868. The van der Waals surface area contributed by atoms with E-state index in [4.69, 9.17) is 0 Å². The summed E-state index contributed by atoms with van der Waals surface area (Å²) in [5.41, 5.74) is 3.18. The molecule has 23 heavy (non-hydrogen) atoms. The van der Waals surface area contributed by atoms with Crippen molar-refractivity contribution in [3.8, 4) is 17.5 Å². The number of rotatable bonds is 2. The third-order valence-electron chi connectivity index (χ3n) is 3.31. The van der Waals surface area contributed by atoms with Gasteiger partial charge in [0.1, 0.15) is 0 Å². The molecule has 0 saturated carbocycles. The highest BCUT2D eigenvalue weighted by molar-refractivity contribution is 5.91. The molecule has 1 aromatic heterocycles. The highest BCUT2D eigenvalue weighted by Crippen LogP contribution is 2.09. The molecule has 0 aliphatic heterocycles. The van der Waals surface area contributed by atoms with Crippen LogP contribution in [0.1, 0.15) is 21.6 Å². The van der Waals surface area contributed by atoms with Gasteiger partial charge in [-0.05, 0) is 42.5 Å². The number of carbonyl (C=O) groups is 1. The summed E-state index contributed by atoms with van der Waals surface area (Å²) >= 11 is 0. The summed E-state index contributed by atoms with van der Waals surface area (Å²) in [6, 6.07) is 19.3. The topological polar surface area (TPSA) is 46.9 Å². The van der Waals surface area contributed by atoms with E-state index < -0.39 is 0 Å². The number of hydrogen-bond donors (Lipinski definition) is 1. The summed E-state index contributed by atoms with van der Waals surface area (Å²) in [7, 11) is 1.58. The molecular weight excluding hydrogens is 286 g/mol. The van der Waals surface area contributed by atoms with Gasteiger partial charge in [-0.3, -0.25) is 4.79 Å². The van der Waals surface area contributed by atoms with Gasteiger partial charge in [0.15, 0.2) is 5.69 Å². The van der Waals surface area contributed by atoms with Crippen LogP contribution < -0.4 is 5.32 Å². The minimum absolute atomic E-state index is 0.200. The second kappa shape index (κ2) is 6.63. The fourth-order valence-electron chi connectivity index (χ4n) is 2.08. The molecular formula is C19H15N3O. The van der Waals surface area contributed by atoms with Crippen molar-refractivity contribution in [2.75, 3.05) is 7.05 Å². The number of benzene rings is 2. The molecule has 1 amide bonds. The van der Waals surface area contributed by atoms with Gasteiger partial charge in [0.2, 0.25) is 0 Å². The Morgan fingerprint density at radius 1 is 0.957 bits per heavy atom. The number of aromatic nitrogens is 2. The number of hydrogen-bond acceptors (Lipinski definition) is 2.